The lowest BCUT2D eigenvalue weighted by molar-refractivity contribution is 0.348. The van der Waals surface area contributed by atoms with E-state index in [1.54, 1.807) is 0 Å². The number of piperidine rings is 1. The summed E-state index contributed by atoms with van der Waals surface area (Å²) in [5.74, 6) is 0.921. The van der Waals surface area contributed by atoms with Gasteiger partial charge in [-0.1, -0.05) is 37.8 Å². The Morgan fingerprint density at radius 1 is 1.35 bits per heavy atom. The Bertz CT molecular complexity index is 467. The smallest absolute Gasteiger partial charge is 0.00463 e. The van der Waals surface area contributed by atoms with Gasteiger partial charge < -0.3 is 5.32 Å². The van der Waals surface area contributed by atoms with Crippen LogP contribution in [0.5, 0.6) is 0 Å². The van der Waals surface area contributed by atoms with Crippen LogP contribution in [0.25, 0.3) is 11.6 Å². The van der Waals surface area contributed by atoms with Gasteiger partial charge in [-0.25, -0.2) is 0 Å². The number of hydrogen-bond donors (Lipinski definition) is 1. The summed E-state index contributed by atoms with van der Waals surface area (Å²) in [6.45, 7) is 12.7. The molecule has 0 spiro atoms. The van der Waals surface area contributed by atoms with Crippen molar-refractivity contribution in [2.45, 2.75) is 39.0 Å². The SMILES string of the molecule is C=Cc1ccc(C)c(C(=C)CCCC2CCNCC2)c1. The number of benzene rings is 1. The monoisotopic (exact) mass is 269 g/mol. The fraction of sp³-hybridized carbons (Fsp3) is 0.474. The molecule has 1 fully saturated rings. The fourth-order valence-electron chi connectivity index (χ4n) is 3.06. The van der Waals surface area contributed by atoms with Crippen LogP contribution in [0.3, 0.4) is 0 Å². The summed E-state index contributed by atoms with van der Waals surface area (Å²) in [5, 5.41) is 3.43. The van der Waals surface area contributed by atoms with Crippen LogP contribution in [0.2, 0.25) is 0 Å². The van der Waals surface area contributed by atoms with Gasteiger partial charge in [0.2, 0.25) is 0 Å². The number of hydrogen-bond acceptors (Lipinski definition) is 1. The van der Waals surface area contributed by atoms with Crippen LogP contribution in [0.4, 0.5) is 0 Å². The highest BCUT2D eigenvalue weighted by Gasteiger charge is 2.12. The molecule has 1 aliphatic heterocycles. The van der Waals surface area contributed by atoms with Crippen LogP contribution in [0, 0.1) is 12.8 Å². The summed E-state index contributed by atoms with van der Waals surface area (Å²) in [4.78, 5) is 0. The molecule has 1 N–H and O–H groups in total. The Hall–Kier alpha value is -1.34. The zero-order valence-corrected chi connectivity index (χ0v) is 12.8. The van der Waals surface area contributed by atoms with Crippen molar-refractivity contribution in [3.63, 3.8) is 0 Å². The van der Waals surface area contributed by atoms with Gasteiger partial charge in [0.1, 0.15) is 0 Å². The minimum absolute atomic E-state index is 0.921. The van der Waals surface area contributed by atoms with E-state index >= 15 is 0 Å². The van der Waals surface area contributed by atoms with E-state index in [1.807, 2.05) is 6.08 Å². The summed E-state index contributed by atoms with van der Waals surface area (Å²) in [7, 11) is 0. The van der Waals surface area contributed by atoms with Crippen molar-refractivity contribution in [2.24, 2.45) is 5.92 Å². The fourth-order valence-corrected chi connectivity index (χ4v) is 3.06. The molecule has 1 heterocycles. The first-order valence-electron chi connectivity index (χ1n) is 7.82. The molecule has 0 unspecified atom stereocenters. The van der Waals surface area contributed by atoms with Gasteiger partial charge in [-0.15, -0.1) is 0 Å². The Morgan fingerprint density at radius 3 is 2.80 bits per heavy atom. The molecule has 1 nitrogen and oxygen atoms in total. The third kappa shape index (κ3) is 4.08. The first kappa shape index (κ1) is 15.1. The van der Waals surface area contributed by atoms with Crippen molar-refractivity contribution < 1.29 is 0 Å². The molecule has 1 aliphatic rings. The Balaban J connectivity index is 1.86. The summed E-state index contributed by atoms with van der Waals surface area (Å²) in [5.41, 5.74) is 5.10. The van der Waals surface area contributed by atoms with Gasteiger partial charge in [0.05, 0.1) is 0 Å². The van der Waals surface area contributed by atoms with Gasteiger partial charge >= 0.3 is 0 Å². The van der Waals surface area contributed by atoms with Crippen molar-refractivity contribution in [3.8, 4) is 0 Å². The minimum Gasteiger partial charge on any atom is -0.317 e. The second-order valence-electron chi connectivity index (χ2n) is 5.97. The maximum atomic E-state index is 4.30. The molecule has 108 valence electrons. The van der Waals surface area contributed by atoms with Crippen LogP contribution in [0.15, 0.2) is 31.4 Å². The van der Waals surface area contributed by atoms with E-state index in [0.29, 0.717) is 0 Å². The van der Waals surface area contributed by atoms with Crippen LogP contribution in [-0.4, -0.2) is 13.1 Å². The molecular formula is C19H27N. The second kappa shape index (κ2) is 7.44. The number of aryl methyl sites for hydroxylation is 1. The van der Waals surface area contributed by atoms with Crippen molar-refractivity contribution in [1.29, 1.82) is 0 Å². The average molecular weight is 269 g/mol. The molecule has 1 saturated heterocycles. The van der Waals surface area contributed by atoms with E-state index in [-0.39, 0.29) is 0 Å². The van der Waals surface area contributed by atoms with Gasteiger partial charge in [0.25, 0.3) is 0 Å². The summed E-state index contributed by atoms with van der Waals surface area (Å²) in [6, 6.07) is 6.51. The lowest BCUT2D eigenvalue weighted by atomic mass is 9.90. The lowest BCUT2D eigenvalue weighted by Gasteiger charge is -2.22. The molecule has 0 aromatic heterocycles. The highest BCUT2D eigenvalue weighted by Crippen LogP contribution is 2.26. The van der Waals surface area contributed by atoms with Gasteiger partial charge in [-0.3, -0.25) is 0 Å². The summed E-state index contributed by atoms with van der Waals surface area (Å²) in [6.07, 6.45) is 8.33. The maximum Gasteiger partial charge on any atom is -0.00463 e. The first-order chi connectivity index (χ1) is 9.70. The van der Waals surface area contributed by atoms with Gasteiger partial charge in [0.15, 0.2) is 0 Å². The van der Waals surface area contributed by atoms with Gasteiger partial charge in [0, 0.05) is 0 Å². The zero-order valence-electron chi connectivity index (χ0n) is 12.8. The van der Waals surface area contributed by atoms with Crippen molar-refractivity contribution in [2.75, 3.05) is 13.1 Å². The molecule has 0 bridgehead atoms. The third-order valence-electron chi connectivity index (χ3n) is 4.43. The molecule has 0 atom stereocenters. The van der Waals surface area contributed by atoms with Gasteiger partial charge in [-0.2, -0.15) is 0 Å². The normalized spacial score (nSPS) is 16.1. The van der Waals surface area contributed by atoms with Crippen molar-refractivity contribution in [1.82, 2.24) is 5.32 Å². The molecule has 1 aromatic carbocycles. The van der Waals surface area contributed by atoms with Crippen LogP contribution >= 0.6 is 0 Å². The first-order valence-corrected chi connectivity index (χ1v) is 7.82. The molecule has 1 heteroatoms. The summed E-state index contributed by atoms with van der Waals surface area (Å²) < 4.78 is 0. The molecule has 1 aromatic rings. The van der Waals surface area contributed by atoms with E-state index in [9.17, 15) is 0 Å². The highest BCUT2D eigenvalue weighted by molar-refractivity contribution is 5.68. The van der Waals surface area contributed by atoms with Gasteiger partial charge in [-0.05, 0) is 79.9 Å². The number of allylic oxidation sites excluding steroid dienone is 1. The predicted octanol–water partition coefficient (Wildman–Crippen LogP) is 4.82. The highest BCUT2D eigenvalue weighted by atomic mass is 14.9. The molecule has 2 rings (SSSR count). The van der Waals surface area contributed by atoms with Crippen LogP contribution in [-0.2, 0) is 0 Å². The van der Waals surface area contributed by atoms with Crippen molar-refractivity contribution >= 4 is 11.6 Å². The Kier molecular flexibility index (Phi) is 5.60. The number of rotatable bonds is 6. The van der Waals surface area contributed by atoms with Crippen LogP contribution < -0.4 is 5.32 Å². The molecule has 20 heavy (non-hydrogen) atoms. The van der Waals surface area contributed by atoms with E-state index in [4.69, 9.17) is 0 Å². The quantitative estimate of drug-likeness (QED) is 0.780. The third-order valence-corrected chi connectivity index (χ3v) is 4.43. The minimum atomic E-state index is 0.921. The Morgan fingerprint density at radius 2 is 2.10 bits per heavy atom. The van der Waals surface area contributed by atoms with E-state index in [0.717, 1.165) is 12.3 Å². The second-order valence-corrected chi connectivity index (χ2v) is 5.97. The molecule has 0 amide bonds. The largest absolute Gasteiger partial charge is 0.317 e. The lowest BCUT2D eigenvalue weighted by Crippen LogP contribution is -2.27. The van der Waals surface area contributed by atoms with E-state index in [1.165, 1.54) is 61.0 Å². The Labute approximate surface area is 123 Å². The van der Waals surface area contributed by atoms with Crippen molar-refractivity contribution in [3.05, 3.63) is 48.0 Å². The maximum absolute atomic E-state index is 4.30. The van der Waals surface area contributed by atoms with E-state index in [2.05, 4.69) is 43.6 Å². The standard InChI is InChI=1S/C19H27N/c1-4-17-9-8-16(3)19(14-17)15(2)6-5-7-18-10-12-20-13-11-18/h4,8-9,14,18,20H,1-2,5-7,10-13H2,3H3. The zero-order chi connectivity index (χ0) is 14.4. The summed E-state index contributed by atoms with van der Waals surface area (Å²) >= 11 is 0. The van der Waals surface area contributed by atoms with Crippen LogP contribution in [0.1, 0.15) is 48.8 Å². The topological polar surface area (TPSA) is 12.0 Å². The predicted molar refractivity (Wildman–Crippen MR) is 89.7 cm³/mol. The number of nitrogens with one attached hydrogen (secondary N) is 1. The average Bonchev–Trinajstić information content (AvgIpc) is 2.48. The molecule has 0 saturated carbocycles. The molecule has 0 radical (unpaired) electrons. The molecular weight excluding hydrogens is 242 g/mol. The molecule has 0 aliphatic carbocycles. The van der Waals surface area contributed by atoms with E-state index < -0.39 is 0 Å².